The Hall–Kier alpha value is -5.79. The number of hydrogen-bond acceptors (Lipinski definition) is 4. The summed E-state index contributed by atoms with van der Waals surface area (Å²) in [5.74, 6) is -1.23. The third kappa shape index (κ3) is 7.50. The molecule has 0 saturated carbocycles. The summed E-state index contributed by atoms with van der Waals surface area (Å²) in [6.07, 6.45) is 6.21. The first-order valence-corrected chi connectivity index (χ1v) is 18.4. The van der Waals surface area contributed by atoms with Gasteiger partial charge in [0.2, 0.25) is 5.91 Å². The first-order chi connectivity index (χ1) is 26.3. The van der Waals surface area contributed by atoms with Crippen molar-refractivity contribution in [2.24, 2.45) is 0 Å². The molecule has 0 aliphatic carbocycles. The van der Waals surface area contributed by atoms with Crippen LogP contribution in [0.5, 0.6) is 0 Å². The zero-order valence-corrected chi connectivity index (χ0v) is 30.6. The van der Waals surface area contributed by atoms with E-state index < -0.39 is 11.6 Å². The number of aromatic nitrogens is 2. The van der Waals surface area contributed by atoms with Crippen molar-refractivity contribution in [2.45, 2.75) is 44.7 Å². The molecule has 2 unspecified atom stereocenters. The predicted molar refractivity (Wildman–Crippen MR) is 205 cm³/mol. The van der Waals surface area contributed by atoms with E-state index in [9.17, 15) is 18.4 Å². The van der Waals surface area contributed by atoms with Crippen molar-refractivity contribution >= 4 is 33.6 Å². The molecule has 0 radical (unpaired) electrons. The number of fused-ring (bicyclic) bond motifs is 2. The number of aryl methyl sites for hydroxylation is 1. The maximum absolute atomic E-state index is 13.9. The Morgan fingerprint density at radius 1 is 0.796 bits per heavy atom. The monoisotopic (exact) mass is 727 g/mol. The van der Waals surface area contributed by atoms with Crippen LogP contribution in [0.25, 0.3) is 21.8 Å². The minimum absolute atomic E-state index is 0.0614. The van der Waals surface area contributed by atoms with Gasteiger partial charge in [-0.15, -0.1) is 0 Å². The van der Waals surface area contributed by atoms with E-state index in [4.69, 9.17) is 10.00 Å². The van der Waals surface area contributed by atoms with Crippen molar-refractivity contribution in [2.75, 3.05) is 39.9 Å². The van der Waals surface area contributed by atoms with Crippen LogP contribution in [-0.4, -0.2) is 70.6 Å². The average molecular weight is 728 g/mol. The molecule has 276 valence electrons. The number of carbonyl (C=O) groups is 2. The molecule has 2 saturated heterocycles. The summed E-state index contributed by atoms with van der Waals surface area (Å²) in [5.41, 5.74) is 6.70. The molecule has 2 atom stereocenters. The molecule has 2 fully saturated rings. The highest BCUT2D eigenvalue weighted by Crippen LogP contribution is 2.36. The lowest BCUT2D eigenvalue weighted by molar-refractivity contribution is -0.134. The third-order valence-electron chi connectivity index (χ3n) is 10.7. The second-order valence-electron chi connectivity index (χ2n) is 14.0. The van der Waals surface area contributed by atoms with Crippen LogP contribution in [0.4, 0.5) is 8.78 Å². The zero-order valence-electron chi connectivity index (χ0n) is 30.6. The van der Waals surface area contributed by atoms with Crippen molar-refractivity contribution < 1.29 is 23.1 Å². The van der Waals surface area contributed by atoms with Gasteiger partial charge in [-0.3, -0.25) is 9.59 Å². The maximum atomic E-state index is 13.9. The fourth-order valence-electron chi connectivity index (χ4n) is 7.96. The molecule has 0 bridgehead atoms. The number of methoxy groups -OCH3 is 1. The molecule has 2 aliphatic heterocycles. The van der Waals surface area contributed by atoms with Crippen LogP contribution in [0, 0.1) is 23.0 Å². The predicted octanol–water partition coefficient (Wildman–Crippen LogP) is 8.09. The van der Waals surface area contributed by atoms with Gasteiger partial charge < -0.3 is 23.7 Å². The van der Waals surface area contributed by atoms with Gasteiger partial charge in [-0.25, -0.2) is 8.78 Å². The Kier molecular flexibility index (Phi) is 10.9. The van der Waals surface area contributed by atoms with Gasteiger partial charge in [-0.2, -0.15) is 5.26 Å². The number of rotatable bonds is 8. The SMILES string of the molecule is CCn1cc(C2CCN(C(=O)c3ccc(F)cc3F)C2)c2ccccc21.COCC(=O)N1CCC(c2cn(Cc3ccc(C#N)cc3)c3ccccc23)C1. The number of carbonyl (C=O) groups excluding carboxylic acids is 2. The van der Waals surface area contributed by atoms with E-state index >= 15 is 0 Å². The molecule has 10 heteroatoms. The van der Waals surface area contributed by atoms with Crippen molar-refractivity contribution in [1.82, 2.24) is 18.9 Å². The normalized spacial score (nSPS) is 16.8. The van der Waals surface area contributed by atoms with Crippen LogP contribution < -0.4 is 0 Å². The van der Waals surface area contributed by atoms with Crippen LogP contribution in [-0.2, 0) is 22.6 Å². The van der Waals surface area contributed by atoms with E-state index in [1.807, 2.05) is 41.3 Å². The number of ether oxygens (including phenoxy) is 1. The Balaban J connectivity index is 0.000000167. The topological polar surface area (TPSA) is 83.5 Å². The molecule has 2 aliphatic rings. The van der Waals surface area contributed by atoms with Crippen molar-refractivity contribution in [3.05, 3.63) is 143 Å². The van der Waals surface area contributed by atoms with E-state index in [1.54, 1.807) is 12.0 Å². The molecule has 2 amide bonds. The number of nitriles is 1. The number of hydrogen-bond donors (Lipinski definition) is 0. The fraction of sp³-hybridized carbons (Fsp3) is 0.295. The van der Waals surface area contributed by atoms with Crippen LogP contribution >= 0.6 is 0 Å². The quantitative estimate of drug-likeness (QED) is 0.159. The third-order valence-corrected chi connectivity index (χ3v) is 10.7. The molecule has 4 heterocycles. The van der Waals surface area contributed by atoms with Crippen LogP contribution in [0.3, 0.4) is 0 Å². The molecule has 4 aromatic carbocycles. The van der Waals surface area contributed by atoms with Gasteiger partial charge in [-0.05, 0) is 72.9 Å². The smallest absolute Gasteiger partial charge is 0.256 e. The Morgan fingerprint density at radius 3 is 2.00 bits per heavy atom. The highest BCUT2D eigenvalue weighted by atomic mass is 19.1. The Bertz CT molecular complexity index is 2340. The minimum atomic E-state index is -0.805. The lowest BCUT2D eigenvalue weighted by Crippen LogP contribution is -2.31. The van der Waals surface area contributed by atoms with E-state index in [1.165, 1.54) is 39.0 Å². The van der Waals surface area contributed by atoms with Gasteiger partial charge in [-0.1, -0.05) is 48.5 Å². The van der Waals surface area contributed by atoms with Gasteiger partial charge in [0, 0.05) is 98.5 Å². The molecular weight excluding hydrogens is 685 g/mol. The Morgan fingerprint density at radius 2 is 1.39 bits per heavy atom. The summed E-state index contributed by atoms with van der Waals surface area (Å²) in [5, 5.41) is 11.4. The summed E-state index contributed by atoms with van der Waals surface area (Å²) in [4.78, 5) is 28.4. The average Bonchev–Trinajstić information content (AvgIpc) is 4.01. The van der Waals surface area contributed by atoms with E-state index in [-0.39, 0.29) is 29.9 Å². The number of para-hydroxylation sites is 2. The summed E-state index contributed by atoms with van der Waals surface area (Å²) in [6.45, 7) is 6.54. The number of benzene rings is 4. The second kappa shape index (κ2) is 16.1. The van der Waals surface area contributed by atoms with Crippen molar-refractivity contribution in [3.63, 3.8) is 0 Å². The summed E-state index contributed by atoms with van der Waals surface area (Å²) in [7, 11) is 1.56. The highest BCUT2D eigenvalue weighted by molar-refractivity contribution is 5.95. The van der Waals surface area contributed by atoms with E-state index in [0.29, 0.717) is 24.6 Å². The molecule has 0 N–H and O–H groups in total. The van der Waals surface area contributed by atoms with Gasteiger partial charge in [0.05, 0.1) is 17.2 Å². The largest absolute Gasteiger partial charge is 0.375 e. The highest BCUT2D eigenvalue weighted by Gasteiger charge is 2.31. The van der Waals surface area contributed by atoms with Crippen molar-refractivity contribution in [1.29, 1.82) is 5.26 Å². The van der Waals surface area contributed by atoms with Gasteiger partial charge >= 0.3 is 0 Å². The minimum Gasteiger partial charge on any atom is -0.375 e. The molecule has 54 heavy (non-hydrogen) atoms. The number of amides is 2. The molecule has 0 spiro atoms. The molecule has 2 aromatic heterocycles. The summed E-state index contributed by atoms with van der Waals surface area (Å²) < 4.78 is 36.5. The van der Waals surface area contributed by atoms with Gasteiger partial charge in [0.15, 0.2) is 0 Å². The Labute approximate surface area is 313 Å². The maximum Gasteiger partial charge on any atom is 0.256 e. The van der Waals surface area contributed by atoms with Crippen molar-refractivity contribution in [3.8, 4) is 6.07 Å². The molecule has 6 aromatic rings. The van der Waals surface area contributed by atoms with E-state index in [0.717, 1.165) is 56.7 Å². The summed E-state index contributed by atoms with van der Waals surface area (Å²) >= 11 is 0. The number of halogens is 2. The lowest BCUT2D eigenvalue weighted by atomic mass is 9.98. The molecular formula is C44H43F2N5O3. The van der Waals surface area contributed by atoms with Gasteiger partial charge in [0.25, 0.3) is 5.91 Å². The molecule has 8 nitrogen and oxygen atoms in total. The van der Waals surface area contributed by atoms with Crippen LogP contribution in [0.15, 0.2) is 103 Å². The first-order valence-electron chi connectivity index (χ1n) is 18.4. The number of likely N-dealkylation sites (tertiary alicyclic amines) is 2. The van der Waals surface area contributed by atoms with Gasteiger partial charge in [0.1, 0.15) is 18.2 Å². The lowest BCUT2D eigenvalue weighted by Gasteiger charge is -2.17. The van der Waals surface area contributed by atoms with Crippen LogP contribution in [0.1, 0.15) is 64.2 Å². The molecule has 8 rings (SSSR count). The fourth-order valence-corrected chi connectivity index (χ4v) is 7.96. The number of nitrogens with zero attached hydrogens (tertiary/aromatic N) is 5. The summed E-state index contributed by atoms with van der Waals surface area (Å²) in [6, 6.07) is 29.7. The zero-order chi connectivity index (χ0) is 37.8. The standard InChI is InChI=1S/C23H23N3O2.C21H20F2N2O/c1-28-16-23(27)25-11-10-19(14-25)21-15-26(22-5-3-2-4-20(21)22)13-18-8-6-17(12-24)7-9-18;1-2-24-13-18(16-5-3-4-6-20(16)24)14-9-10-25(12-14)21(26)17-8-7-15(22)11-19(17)23/h2-9,15,19H,10-11,13-14,16H2,1H3;3-8,11,13-14H,2,9-10,12H2,1H3. The van der Waals surface area contributed by atoms with Crippen LogP contribution in [0.2, 0.25) is 0 Å². The second-order valence-corrected chi connectivity index (χ2v) is 14.0. The van der Waals surface area contributed by atoms with E-state index in [2.05, 4.69) is 70.9 Å². The first kappa shape index (κ1) is 36.6.